The molecule has 0 fully saturated rings. The summed E-state index contributed by atoms with van der Waals surface area (Å²) in [5.41, 5.74) is 6.47. The number of ether oxygens (including phenoxy) is 1. The van der Waals surface area contributed by atoms with Crippen LogP contribution in [0.3, 0.4) is 0 Å². The molecule has 0 unspecified atom stereocenters. The van der Waals surface area contributed by atoms with Crippen molar-refractivity contribution < 1.29 is 18.4 Å². The van der Waals surface area contributed by atoms with Crippen molar-refractivity contribution >= 4 is 23.5 Å². The van der Waals surface area contributed by atoms with Crippen LogP contribution in [0, 0.1) is 22.7 Å². The smallest absolute Gasteiger partial charge is 0.373 e. The minimum Gasteiger partial charge on any atom is -0.464 e. The molecule has 134 valence electrons. The Labute approximate surface area is 158 Å². The van der Waals surface area contributed by atoms with Crippen molar-refractivity contribution in [1.82, 2.24) is 4.98 Å². The Morgan fingerprint density at radius 2 is 2.07 bits per heavy atom. The van der Waals surface area contributed by atoms with E-state index in [0.717, 1.165) is 0 Å². The molecule has 27 heavy (non-hydrogen) atoms. The number of thioether (sulfide) groups is 1. The molecule has 3 aromatic rings. The van der Waals surface area contributed by atoms with Crippen molar-refractivity contribution in [3.05, 3.63) is 53.2 Å². The second-order valence-corrected chi connectivity index (χ2v) is 6.14. The van der Waals surface area contributed by atoms with Gasteiger partial charge in [-0.2, -0.15) is 10.5 Å². The number of methoxy groups -OCH3 is 1. The molecule has 2 N–H and O–H groups in total. The molecule has 0 saturated carbocycles. The van der Waals surface area contributed by atoms with Crippen LogP contribution in [-0.2, 0) is 10.5 Å². The van der Waals surface area contributed by atoms with Crippen molar-refractivity contribution in [2.75, 3.05) is 12.8 Å². The van der Waals surface area contributed by atoms with E-state index in [1.54, 1.807) is 18.2 Å². The lowest BCUT2D eigenvalue weighted by atomic mass is 10.0. The highest BCUT2D eigenvalue weighted by atomic mass is 32.2. The average Bonchev–Trinajstić information content (AvgIpc) is 3.37. The van der Waals surface area contributed by atoms with E-state index in [2.05, 4.69) is 15.8 Å². The molecule has 3 heterocycles. The normalized spacial score (nSPS) is 10.2. The summed E-state index contributed by atoms with van der Waals surface area (Å²) >= 11 is 1.19. The molecule has 8 nitrogen and oxygen atoms in total. The van der Waals surface area contributed by atoms with Gasteiger partial charge in [-0.05, 0) is 24.3 Å². The highest BCUT2D eigenvalue weighted by molar-refractivity contribution is 7.98. The first-order valence-corrected chi connectivity index (χ1v) is 8.55. The van der Waals surface area contributed by atoms with E-state index in [-0.39, 0.29) is 22.7 Å². The lowest BCUT2D eigenvalue weighted by Gasteiger charge is -2.10. The maximum absolute atomic E-state index is 11.5. The number of nitriles is 2. The molecule has 0 aliphatic carbocycles. The number of carbonyl (C=O) groups excluding carboxylic acids is 1. The predicted molar refractivity (Wildman–Crippen MR) is 95.4 cm³/mol. The number of aromatic nitrogens is 1. The first-order valence-electron chi connectivity index (χ1n) is 7.56. The Morgan fingerprint density at radius 3 is 2.70 bits per heavy atom. The van der Waals surface area contributed by atoms with Gasteiger partial charge in [0.25, 0.3) is 0 Å². The number of nitrogens with zero attached hydrogens (tertiary/aromatic N) is 3. The molecule has 0 aliphatic rings. The summed E-state index contributed by atoms with van der Waals surface area (Å²) in [5.74, 6) is 0.641. The van der Waals surface area contributed by atoms with Gasteiger partial charge in [0.05, 0.1) is 30.3 Å². The maximum atomic E-state index is 11.5. The lowest BCUT2D eigenvalue weighted by Crippen LogP contribution is -2.03. The summed E-state index contributed by atoms with van der Waals surface area (Å²) in [7, 11) is 1.26. The largest absolute Gasteiger partial charge is 0.464 e. The van der Waals surface area contributed by atoms with Crippen LogP contribution < -0.4 is 5.73 Å². The van der Waals surface area contributed by atoms with E-state index in [1.807, 2.05) is 6.07 Å². The molecule has 0 amide bonds. The van der Waals surface area contributed by atoms with E-state index in [1.165, 1.54) is 31.2 Å². The average molecular weight is 380 g/mol. The van der Waals surface area contributed by atoms with Gasteiger partial charge in [0.15, 0.2) is 0 Å². The van der Waals surface area contributed by atoms with Gasteiger partial charge >= 0.3 is 5.97 Å². The second-order valence-electron chi connectivity index (χ2n) is 5.17. The summed E-state index contributed by atoms with van der Waals surface area (Å²) in [6, 6.07) is 10.5. The Kier molecular flexibility index (Phi) is 5.15. The zero-order valence-corrected chi connectivity index (χ0v) is 14.9. The number of pyridine rings is 1. The van der Waals surface area contributed by atoms with E-state index in [4.69, 9.17) is 14.6 Å². The van der Waals surface area contributed by atoms with Crippen LogP contribution in [0.4, 0.5) is 5.82 Å². The van der Waals surface area contributed by atoms with E-state index in [9.17, 15) is 15.3 Å². The Bertz CT molecular complexity index is 1070. The van der Waals surface area contributed by atoms with Crippen LogP contribution in [0.25, 0.3) is 11.3 Å². The number of nitrogen functional groups attached to an aromatic ring is 1. The van der Waals surface area contributed by atoms with Crippen LogP contribution in [0.2, 0.25) is 0 Å². The fourth-order valence-electron chi connectivity index (χ4n) is 2.38. The monoisotopic (exact) mass is 380 g/mol. The lowest BCUT2D eigenvalue weighted by molar-refractivity contribution is 0.0563. The van der Waals surface area contributed by atoms with Crippen LogP contribution in [-0.4, -0.2) is 18.1 Å². The van der Waals surface area contributed by atoms with E-state index >= 15 is 0 Å². The van der Waals surface area contributed by atoms with Gasteiger partial charge in [-0.3, -0.25) is 0 Å². The molecule has 0 atom stereocenters. The van der Waals surface area contributed by atoms with Crippen molar-refractivity contribution in [2.24, 2.45) is 0 Å². The molecule has 3 rings (SSSR count). The molecule has 0 spiro atoms. The first kappa shape index (κ1) is 18.1. The summed E-state index contributed by atoms with van der Waals surface area (Å²) in [6.45, 7) is 0. The van der Waals surface area contributed by atoms with Gasteiger partial charge in [-0.25, -0.2) is 9.78 Å². The van der Waals surface area contributed by atoms with E-state index in [0.29, 0.717) is 27.9 Å². The molecule has 0 bridgehead atoms. The highest BCUT2D eigenvalue weighted by Crippen LogP contribution is 2.36. The molecular weight excluding hydrogens is 368 g/mol. The minimum atomic E-state index is -0.579. The number of esters is 1. The molecule has 0 radical (unpaired) electrons. The third-order valence-electron chi connectivity index (χ3n) is 3.58. The number of furan rings is 2. The summed E-state index contributed by atoms with van der Waals surface area (Å²) in [4.78, 5) is 15.6. The fraction of sp³-hybridized carbons (Fsp3) is 0.111. The van der Waals surface area contributed by atoms with Gasteiger partial charge in [0.2, 0.25) is 5.76 Å². The third kappa shape index (κ3) is 3.50. The fourth-order valence-corrected chi connectivity index (χ4v) is 3.26. The molecule has 9 heteroatoms. The van der Waals surface area contributed by atoms with Crippen LogP contribution in [0.1, 0.15) is 27.4 Å². The van der Waals surface area contributed by atoms with Crippen molar-refractivity contribution in [3.63, 3.8) is 0 Å². The standard InChI is InChI=1S/C18H12N4O4S/c1-24-18(23)14-5-4-10(26-14)9-27-17-12(8-20)15(13-3-2-6-25-13)11(7-19)16(21)22-17/h2-6H,9H2,1H3,(H2,21,22). The highest BCUT2D eigenvalue weighted by Gasteiger charge is 2.22. The minimum absolute atomic E-state index is 0.0000877. The van der Waals surface area contributed by atoms with Crippen molar-refractivity contribution in [2.45, 2.75) is 10.8 Å². The molecular formula is C18H12N4O4S. The van der Waals surface area contributed by atoms with Gasteiger partial charge < -0.3 is 19.3 Å². The number of nitrogens with two attached hydrogens (primary N) is 1. The SMILES string of the molecule is COC(=O)c1ccc(CSc2nc(N)c(C#N)c(-c3ccco3)c2C#N)o1. The second kappa shape index (κ2) is 7.68. The summed E-state index contributed by atoms with van der Waals surface area (Å²) in [6.07, 6.45) is 1.44. The number of carbonyl (C=O) groups is 1. The third-order valence-corrected chi connectivity index (χ3v) is 4.58. The molecule has 0 aromatic carbocycles. The maximum Gasteiger partial charge on any atom is 0.373 e. The van der Waals surface area contributed by atoms with Crippen LogP contribution in [0.5, 0.6) is 0 Å². The number of rotatable bonds is 5. The van der Waals surface area contributed by atoms with Crippen LogP contribution >= 0.6 is 11.8 Å². The van der Waals surface area contributed by atoms with Crippen LogP contribution in [0.15, 0.2) is 44.4 Å². The van der Waals surface area contributed by atoms with E-state index < -0.39 is 5.97 Å². The Morgan fingerprint density at radius 1 is 1.30 bits per heavy atom. The first-order chi connectivity index (χ1) is 13.1. The number of hydrogen-bond donors (Lipinski definition) is 1. The number of hydrogen-bond acceptors (Lipinski definition) is 9. The van der Waals surface area contributed by atoms with Crippen molar-refractivity contribution in [1.29, 1.82) is 10.5 Å². The van der Waals surface area contributed by atoms with Crippen molar-refractivity contribution in [3.8, 4) is 23.5 Å². The topological polar surface area (TPSA) is 139 Å². The zero-order valence-electron chi connectivity index (χ0n) is 14.1. The zero-order chi connectivity index (χ0) is 19.4. The van der Waals surface area contributed by atoms with Gasteiger partial charge in [0, 0.05) is 0 Å². The Balaban J connectivity index is 1.97. The molecule has 3 aromatic heterocycles. The van der Waals surface area contributed by atoms with Gasteiger partial charge in [-0.1, -0.05) is 11.8 Å². The van der Waals surface area contributed by atoms with Gasteiger partial charge in [-0.15, -0.1) is 0 Å². The Hall–Kier alpha value is -3.69. The predicted octanol–water partition coefficient (Wildman–Crippen LogP) is 3.34. The summed E-state index contributed by atoms with van der Waals surface area (Å²) < 4.78 is 15.4. The molecule has 0 aliphatic heterocycles. The van der Waals surface area contributed by atoms with Gasteiger partial charge in [0.1, 0.15) is 40.1 Å². The quantitative estimate of drug-likeness (QED) is 0.521. The number of anilines is 1. The molecule has 0 saturated heterocycles. The summed E-state index contributed by atoms with van der Waals surface area (Å²) in [5, 5.41) is 19.4.